The van der Waals surface area contributed by atoms with Crippen molar-refractivity contribution in [3.63, 3.8) is 0 Å². The third kappa shape index (κ3) is 5.47. The zero-order valence-electron chi connectivity index (χ0n) is 17.0. The molecule has 0 aliphatic carbocycles. The zero-order valence-corrected chi connectivity index (χ0v) is 17.0. The molecule has 30 heavy (non-hydrogen) atoms. The van der Waals surface area contributed by atoms with Crippen LogP contribution in [0, 0.1) is 6.92 Å². The molecular formula is C23H24N2O5. The maximum absolute atomic E-state index is 12.6. The van der Waals surface area contributed by atoms with Crippen LogP contribution in [0.2, 0.25) is 0 Å². The number of benzene rings is 2. The Labute approximate surface area is 174 Å². The normalized spacial score (nSPS) is 10.6. The fraction of sp³-hybridized carbons (Fsp3) is 0.261. The lowest BCUT2D eigenvalue weighted by Gasteiger charge is -2.22. The van der Waals surface area contributed by atoms with Crippen LogP contribution in [0.15, 0.2) is 63.8 Å². The number of nitrogens with one attached hydrogen (secondary N) is 1. The van der Waals surface area contributed by atoms with E-state index in [1.54, 1.807) is 24.3 Å². The summed E-state index contributed by atoms with van der Waals surface area (Å²) in [5.74, 6) is -0.156. The zero-order chi connectivity index (χ0) is 21.5. The van der Waals surface area contributed by atoms with E-state index in [0.29, 0.717) is 24.3 Å². The van der Waals surface area contributed by atoms with Gasteiger partial charge in [0.05, 0.1) is 6.54 Å². The van der Waals surface area contributed by atoms with Crippen LogP contribution in [-0.4, -0.2) is 36.4 Å². The van der Waals surface area contributed by atoms with Crippen LogP contribution in [0.4, 0.5) is 5.69 Å². The average Bonchev–Trinajstić information content (AvgIpc) is 2.73. The molecule has 0 atom stereocenters. The van der Waals surface area contributed by atoms with Gasteiger partial charge in [0.2, 0.25) is 5.91 Å². The van der Waals surface area contributed by atoms with E-state index in [0.717, 1.165) is 16.6 Å². The fourth-order valence-corrected chi connectivity index (χ4v) is 3.01. The van der Waals surface area contributed by atoms with Crippen molar-refractivity contribution in [1.82, 2.24) is 4.90 Å². The van der Waals surface area contributed by atoms with E-state index in [4.69, 9.17) is 9.15 Å². The van der Waals surface area contributed by atoms with Gasteiger partial charge in [-0.25, -0.2) is 4.79 Å². The molecule has 156 valence electrons. The lowest BCUT2D eigenvalue weighted by atomic mass is 10.2. The molecule has 0 aliphatic rings. The SMILES string of the molecule is CCCN(CC(=O)Nc1ccccc1C)C(=O)COc1ccc2ccc(=O)oc2c1. The van der Waals surface area contributed by atoms with E-state index in [2.05, 4.69) is 5.32 Å². The second-order valence-electron chi connectivity index (χ2n) is 6.92. The molecular weight excluding hydrogens is 384 g/mol. The summed E-state index contributed by atoms with van der Waals surface area (Å²) in [6, 6.07) is 15.5. The van der Waals surface area contributed by atoms with Crippen molar-refractivity contribution in [2.75, 3.05) is 25.0 Å². The highest BCUT2D eigenvalue weighted by Gasteiger charge is 2.18. The number of nitrogens with zero attached hydrogens (tertiary/aromatic N) is 1. The van der Waals surface area contributed by atoms with Gasteiger partial charge in [-0.05, 0) is 43.2 Å². The van der Waals surface area contributed by atoms with E-state index in [1.165, 1.54) is 11.0 Å². The molecule has 1 N–H and O–H groups in total. The second-order valence-corrected chi connectivity index (χ2v) is 6.92. The number of aryl methyl sites for hydroxylation is 1. The summed E-state index contributed by atoms with van der Waals surface area (Å²) in [5.41, 5.74) is 1.60. The van der Waals surface area contributed by atoms with E-state index in [1.807, 2.05) is 38.1 Å². The van der Waals surface area contributed by atoms with Crippen LogP contribution in [0.25, 0.3) is 11.0 Å². The first-order valence-corrected chi connectivity index (χ1v) is 9.76. The maximum Gasteiger partial charge on any atom is 0.336 e. The molecule has 0 aliphatic heterocycles. The fourth-order valence-electron chi connectivity index (χ4n) is 3.01. The van der Waals surface area contributed by atoms with Gasteiger partial charge in [0.1, 0.15) is 11.3 Å². The van der Waals surface area contributed by atoms with Crippen molar-refractivity contribution in [2.45, 2.75) is 20.3 Å². The Morgan fingerprint density at radius 1 is 1.10 bits per heavy atom. The molecule has 1 heterocycles. The van der Waals surface area contributed by atoms with E-state index >= 15 is 0 Å². The van der Waals surface area contributed by atoms with Crippen LogP contribution >= 0.6 is 0 Å². The predicted molar refractivity (Wildman–Crippen MR) is 115 cm³/mol. The first-order valence-electron chi connectivity index (χ1n) is 9.76. The molecule has 3 rings (SSSR count). The van der Waals surface area contributed by atoms with Gasteiger partial charge in [-0.15, -0.1) is 0 Å². The Balaban J connectivity index is 1.61. The minimum Gasteiger partial charge on any atom is -0.484 e. The van der Waals surface area contributed by atoms with Gasteiger partial charge in [0.25, 0.3) is 5.91 Å². The van der Waals surface area contributed by atoms with Gasteiger partial charge in [-0.1, -0.05) is 25.1 Å². The number of para-hydroxylation sites is 1. The van der Waals surface area contributed by atoms with Gasteiger partial charge >= 0.3 is 5.63 Å². The number of carbonyl (C=O) groups is 2. The number of hydrogen-bond donors (Lipinski definition) is 1. The van der Waals surface area contributed by atoms with Crippen molar-refractivity contribution in [1.29, 1.82) is 0 Å². The average molecular weight is 408 g/mol. The monoisotopic (exact) mass is 408 g/mol. The molecule has 2 aromatic carbocycles. The minimum atomic E-state index is -0.454. The van der Waals surface area contributed by atoms with Crippen molar-refractivity contribution in [2.24, 2.45) is 0 Å². The summed E-state index contributed by atoms with van der Waals surface area (Å²) >= 11 is 0. The third-order valence-electron chi connectivity index (χ3n) is 4.56. The van der Waals surface area contributed by atoms with Gasteiger partial charge in [0, 0.05) is 29.8 Å². The quantitative estimate of drug-likeness (QED) is 0.578. The van der Waals surface area contributed by atoms with Gasteiger partial charge < -0.3 is 19.4 Å². The second kappa shape index (κ2) is 9.73. The number of ether oxygens (including phenoxy) is 1. The summed E-state index contributed by atoms with van der Waals surface area (Å²) in [6.45, 7) is 4.00. The molecule has 0 spiro atoms. The molecule has 1 aromatic heterocycles. The van der Waals surface area contributed by atoms with E-state index < -0.39 is 5.63 Å². The first-order chi connectivity index (χ1) is 14.5. The summed E-state index contributed by atoms with van der Waals surface area (Å²) in [5, 5.41) is 3.60. The number of carbonyl (C=O) groups excluding carboxylic acids is 2. The highest BCUT2D eigenvalue weighted by molar-refractivity contribution is 5.95. The first kappa shape index (κ1) is 21.1. The Kier molecular flexibility index (Phi) is 6.85. The topological polar surface area (TPSA) is 88.9 Å². The summed E-state index contributed by atoms with van der Waals surface area (Å²) < 4.78 is 10.7. The largest absolute Gasteiger partial charge is 0.484 e. The summed E-state index contributed by atoms with van der Waals surface area (Å²) in [7, 11) is 0. The highest BCUT2D eigenvalue weighted by atomic mass is 16.5. The van der Waals surface area contributed by atoms with Gasteiger partial charge in [-0.3, -0.25) is 9.59 Å². The Morgan fingerprint density at radius 2 is 1.87 bits per heavy atom. The molecule has 3 aromatic rings. The van der Waals surface area contributed by atoms with Crippen molar-refractivity contribution < 1.29 is 18.7 Å². The smallest absolute Gasteiger partial charge is 0.336 e. The molecule has 2 amide bonds. The standard InChI is InChI=1S/C23H24N2O5/c1-3-12-25(14-21(26)24-19-7-5-4-6-16(19)2)22(27)15-29-18-10-8-17-9-11-23(28)30-20(17)13-18/h4-11,13H,3,12,14-15H2,1-2H3,(H,24,26). The van der Waals surface area contributed by atoms with E-state index in [-0.39, 0.29) is 25.0 Å². The number of anilines is 1. The highest BCUT2D eigenvalue weighted by Crippen LogP contribution is 2.19. The Bertz CT molecular complexity index is 1110. The predicted octanol–water partition coefficient (Wildman–Crippen LogP) is 3.36. The van der Waals surface area contributed by atoms with Crippen molar-refractivity contribution in [3.8, 4) is 5.75 Å². The van der Waals surface area contributed by atoms with Crippen LogP contribution < -0.4 is 15.7 Å². The number of fused-ring (bicyclic) bond motifs is 1. The maximum atomic E-state index is 12.6. The molecule has 0 bridgehead atoms. The van der Waals surface area contributed by atoms with Crippen LogP contribution in [-0.2, 0) is 9.59 Å². The lowest BCUT2D eigenvalue weighted by Crippen LogP contribution is -2.41. The Hall–Kier alpha value is -3.61. The van der Waals surface area contributed by atoms with Gasteiger partial charge in [0.15, 0.2) is 6.61 Å². The number of amides is 2. The van der Waals surface area contributed by atoms with Gasteiger partial charge in [-0.2, -0.15) is 0 Å². The van der Waals surface area contributed by atoms with E-state index in [9.17, 15) is 14.4 Å². The summed E-state index contributed by atoms with van der Waals surface area (Å²) in [6.07, 6.45) is 0.713. The minimum absolute atomic E-state index is 0.0586. The summed E-state index contributed by atoms with van der Waals surface area (Å²) in [4.78, 5) is 37.9. The molecule has 0 fully saturated rings. The van der Waals surface area contributed by atoms with Crippen molar-refractivity contribution in [3.05, 3.63) is 70.6 Å². The molecule has 7 nitrogen and oxygen atoms in total. The van der Waals surface area contributed by atoms with Crippen LogP contribution in [0.5, 0.6) is 5.75 Å². The van der Waals surface area contributed by atoms with Crippen LogP contribution in [0.1, 0.15) is 18.9 Å². The number of rotatable bonds is 8. The Morgan fingerprint density at radius 3 is 2.63 bits per heavy atom. The van der Waals surface area contributed by atoms with Crippen LogP contribution in [0.3, 0.4) is 0 Å². The third-order valence-corrected chi connectivity index (χ3v) is 4.56. The molecule has 7 heteroatoms. The number of hydrogen-bond acceptors (Lipinski definition) is 5. The molecule has 0 saturated heterocycles. The molecule has 0 saturated carbocycles. The molecule has 0 unspecified atom stereocenters. The lowest BCUT2D eigenvalue weighted by molar-refractivity contribution is -0.136. The molecule has 0 radical (unpaired) electrons. The van der Waals surface area contributed by atoms with Crippen molar-refractivity contribution >= 4 is 28.5 Å².